The average molecular weight is 403 g/mol. The second-order valence-corrected chi connectivity index (χ2v) is 8.64. The van der Waals surface area contributed by atoms with Crippen molar-refractivity contribution >= 4 is 0 Å². The van der Waals surface area contributed by atoms with Crippen LogP contribution in [0, 0.1) is 6.92 Å². The highest BCUT2D eigenvalue weighted by Crippen LogP contribution is 2.32. The second kappa shape index (κ2) is 8.66. The van der Waals surface area contributed by atoms with E-state index in [4.69, 9.17) is 0 Å². The van der Waals surface area contributed by atoms with Gasteiger partial charge in [-0.15, -0.1) is 5.10 Å². The largest absolute Gasteiger partial charge is 0.298 e. The monoisotopic (exact) mass is 402 g/mol. The van der Waals surface area contributed by atoms with Crippen molar-refractivity contribution in [2.24, 2.45) is 0 Å². The van der Waals surface area contributed by atoms with Gasteiger partial charge < -0.3 is 0 Å². The smallest absolute Gasteiger partial charge is 0.173 e. The molecule has 2 aromatic carbocycles. The highest BCUT2D eigenvalue weighted by molar-refractivity contribution is 5.28. The zero-order chi connectivity index (χ0) is 20.3. The Bertz CT molecular complexity index is 951. The number of tetrazole rings is 1. The van der Waals surface area contributed by atoms with Gasteiger partial charge in [-0.3, -0.25) is 9.80 Å². The minimum Gasteiger partial charge on any atom is -0.298 e. The molecule has 2 aliphatic heterocycles. The quantitative estimate of drug-likeness (QED) is 0.634. The molecule has 2 fully saturated rings. The molecule has 0 spiro atoms. The lowest BCUT2D eigenvalue weighted by Gasteiger charge is -2.41. The minimum atomic E-state index is 0.0964. The van der Waals surface area contributed by atoms with Gasteiger partial charge in [-0.05, 0) is 54.3 Å². The first-order valence-corrected chi connectivity index (χ1v) is 11.1. The summed E-state index contributed by atoms with van der Waals surface area (Å²) >= 11 is 0. The maximum Gasteiger partial charge on any atom is 0.173 e. The van der Waals surface area contributed by atoms with E-state index in [1.165, 1.54) is 36.1 Å². The van der Waals surface area contributed by atoms with Crippen LogP contribution in [0.2, 0.25) is 0 Å². The van der Waals surface area contributed by atoms with E-state index in [2.05, 4.69) is 86.8 Å². The fraction of sp³-hybridized carbons (Fsp3) is 0.458. The zero-order valence-electron chi connectivity index (χ0n) is 17.7. The Labute approximate surface area is 178 Å². The van der Waals surface area contributed by atoms with E-state index in [0.717, 1.165) is 38.4 Å². The van der Waals surface area contributed by atoms with E-state index in [9.17, 15) is 0 Å². The molecule has 6 heteroatoms. The van der Waals surface area contributed by atoms with Gasteiger partial charge in [-0.2, -0.15) is 0 Å². The fourth-order valence-electron chi connectivity index (χ4n) is 4.97. The number of nitrogens with zero attached hydrogens (tertiary/aromatic N) is 6. The summed E-state index contributed by atoms with van der Waals surface area (Å²) < 4.78 is 2.01. The predicted molar refractivity (Wildman–Crippen MR) is 117 cm³/mol. The van der Waals surface area contributed by atoms with E-state index >= 15 is 0 Å². The van der Waals surface area contributed by atoms with Gasteiger partial charge in [-0.25, -0.2) is 4.68 Å². The minimum absolute atomic E-state index is 0.0964. The number of fused-ring (bicyclic) bond motifs is 1. The molecule has 3 aromatic rings. The van der Waals surface area contributed by atoms with E-state index in [0.29, 0.717) is 6.04 Å². The Morgan fingerprint density at radius 3 is 2.67 bits per heavy atom. The number of hydrogen-bond donors (Lipinski definition) is 0. The first-order valence-electron chi connectivity index (χ1n) is 11.1. The topological polar surface area (TPSA) is 50.1 Å². The van der Waals surface area contributed by atoms with Crippen LogP contribution in [-0.4, -0.2) is 62.2 Å². The van der Waals surface area contributed by atoms with Crippen molar-refractivity contribution in [3.63, 3.8) is 0 Å². The molecule has 2 aliphatic rings. The molecule has 156 valence electrons. The third-order valence-corrected chi connectivity index (χ3v) is 6.64. The first kappa shape index (κ1) is 19.4. The van der Waals surface area contributed by atoms with Crippen molar-refractivity contribution < 1.29 is 0 Å². The molecule has 0 N–H and O–H groups in total. The second-order valence-electron chi connectivity index (χ2n) is 8.64. The van der Waals surface area contributed by atoms with Gasteiger partial charge in [0.15, 0.2) is 5.82 Å². The highest BCUT2D eigenvalue weighted by atomic mass is 15.6. The Hall–Kier alpha value is -2.57. The third-order valence-electron chi connectivity index (χ3n) is 6.64. The van der Waals surface area contributed by atoms with Crippen LogP contribution in [0.3, 0.4) is 0 Å². The van der Waals surface area contributed by atoms with E-state index in [1.54, 1.807) is 0 Å². The van der Waals surface area contributed by atoms with Crippen LogP contribution < -0.4 is 0 Å². The molecular weight excluding hydrogens is 372 g/mol. The van der Waals surface area contributed by atoms with Crippen LogP contribution >= 0.6 is 0 Å². The highest BCUT2D eigenvalue weighted by Gasteiger charge is 2.36. The molecule has 0 aliphatic carbocycles. The summed E-state index contributed by atoms with van der Waals surface area (Å²) in [5.41, 5.74) is 3.87. The van der Waals surface area contributed by atoms with Crippen LogP contribution in [0.15, 0.2) is 54.6 Å². The van der Waals surface area contributed by atoms with Crippen molar-refractivity contribution in [1.29, 1.82) is 0 Å². The summed E-state index contributed by atoms with van der Waals surface area (Å²) in [6.07, 6.45) is 3.55. The summed E-state index contributed by atoms with van der Waals surface area (Å²) in [6.45, 7) is 7.46. The third kappa shape index (κ3) is 4.02. The number of hydrogen-bond acceptors (Lipinski definition) is 5. The fourth-order valence-corrected chi connectivity index (χ4v) is 4.97. The number of piperazine rings is 1. The van der Waals surface area contributed by atoms with Gasteiger partial charge in [0, 0.05) is 32.2 Å². The summed E-state index contributed by atoms with van der Waals surface area (Å²) in [7, 11) is 0. The molecule has 2 unspecified atom stereocenters. The van der Waals surface area contributed by atoms with Crippen molar-refractivity contribution in [1.82, 2.24) is 30.0 Å². The van der Waals surface area contributed by atoms with Crippen molar-refractivity contribution in [2.75, 3.05) is 26.2 Å². The molecule has 2 atom stereocenters. The van der Waals surface area contributed by atoms with Crippen molar-refractivity contribution in [2.45, 2.75) is 44.8 Å². The normalized spacial score (nSPS) is 20.9. The van der Waals surface area contributed by atoms with Gasteiger partial charge in [0.1, 0.15) is 0 Å². The zero-order valence-corrected chi connectivity index (χ0v) is 17.7. The number of benzene rings is 2. The van der Waals surface area contributed by atoms with E-state index in [-0.39, 0.29) is 6.04 Å². The maximum absolute atomic E-state index is 4.53. The van der Waals surface area contributed by atoms with Crippen molar-refractivity contribution in [3.05, 3.63) is 77.1 Å². The molecule has 0 saturated carbocycles. The van der Waals surface area contributed by atoms with Crippen LogP contribution in [0.4, 0.5) is 0 Å². The lowest BCUT2D eigenvalue weighted by atomic mass is 10.0. The average Bonchev–Trinajstić information content (AvgIpc) is 3.44. The standard InChI is InChI=1S/C24H30N6/c1-19-9-11-21(12-10-19)23(29-17-16-28-14-5-8-22(28)18-29)24-25-26-27-30(24)15-13-20-6-3-2-4-7-20/h2-4,6-7,9-12,22-23H,5,8,13-18H2,1H3. The van der Waals surface area contributed by atoms with Crippen LogP contribution in [-0.2, 0) is 13.0 Å². The van der Waals surface area contributed by atoms with Gasteiger partial charge in [-0.1, -0.05) is 60.2 Å². The molecule has 6 nitrogen and oxygen atoms in total. The molecule has 0 bridgehead atoms. The summed E-state index contributed by atoms with van der Waals surface area (Å²) in [5.74, 6) is 0.959. The molecule has 3 heterocycles. The van der Waals surface area contributed by atoms with Gasteiger partial charge >= 0.3 is 0 Å². The van der Waals surface area contributed by atoms with Crippen LogP contribution in [0.5, 0.6) is 0 Å². The molecular formula is C24H30N6. The lowest BCUT2D eigenvalue weighted by Crippen LogP contribution is -2.51. The maximum atomic E-state index is 4.53. The summed E-state index contributed by atoms with van der Waals surface area (Å²) in [6, 6.07) is 20.2. The van der Waals surface area contributed by atoms with Crippen molar-refractivity contribution in [3.8, 4) is 0 Å². The van der Waals surface area contributed by atoms with E-state index in [1.807, 2.05) is 4.68 Å². The SMILES string of the molecule is Cc1ccc(C(c2nnnn2CCc2ccccc2)N2CCN3CCCC3C2)cc1. The Kier molecular flexibility index (Phi) is 5.60. The predicted octanol–water partition coefficient (Wildman–Crippen LogP) is 3.09. The Balaban J connectivity index is 1.43. The molecule has 0 amide bonds. The Morgan fingerprint density at radius 2 is 1.83 bits per heavy atom. The van der Waals surface area contributed by atoms with E-state index < -0.39 is 0 Å². The molecule has 0 radical (unpaired) electrons. The number of aromatic nitrogens is 4. The lowest BCUT2D eigenvalue weighted by molar-refractivity contribution is 0.0792. The molecule has 2 saturated heterocycles. The summed E-state index contributed by atoms with van der Waals surface area (Å²) in [4.78, 5) is 5.25. The van der Waals surface area contributed by atoms with Crippen LogP contribution in [0.25, 0.3) is 0 Å². The number of rotatable bonds is 6. The Morgan fingerprint density at radius 1 is 1.00 bits per heavy atom. The molecule has 1 aromatic heterocycles. The van der Waals surface area contributed by atoms with Crippen LogP contribution in [0.1, 0.15) is 41.4 Å². The molecule has 30 heavy (non-hydrogen) atoms. The number of aryl methyl sites for hydroxylation is 3. The molecule has 5 rings (SSSR count). The summed E-state index contributed by atoms with van der Waals surface area (Å²) in [5, 5.41) is 13.0. The van der Waals surface area contributed by atoms with Gasteiger partial charge in [0.25, 0.3) is 0 Å². The van der Waals surface area contributed by atoms with Gasteiger partial charge in [0.05, 0.1) is 6.04 Å². The first-order chi connectivity index (χ1) is 14.8. The van der Waals surface area contributed by atoms with Gasteiger partial charge in [0.2, 0.25) is 0 Å².